The van der Waals surface area contributed by atoms with Gasteiger partial charge >= 0.3 is 19.8 Å². The summed E-state index contributed by atoms with van der Waals surface area (Å²) in [5, 5.41) is 0. The van der Waals surface area contributed by atoms with Gasteiger partial charge in [0.1, 0.15) is 19.8 Å². The molecule has 0 aromatic heterocycles. The van der Waals surface area contributed by atoms with Crippen molar-refractivity contribution in [2.45, 2.75) is 424 Å². The third-order valence-corrected chi connectivity index (χ3v) is 19.2. The van der Waals surface area contributed by atoms with Gasteiger partial charge < -0.3 is 18.9 Å². The Morgan fingerprint density at radius 1 is 0.348 bits per heavy atom. The molecule has 0 saturated heterocycles. The Morgan fingerprint density at radius 3 is 0.888 bits per heavy atom. The van der Waals surface area contributed by atoms with E-state index in [2.05, 4.69) is 38.2 Å². The highest BCUT2D eigenvalue weighted by molar-refractivity contribution is 7.47. The number of phosphoric ester groups is 1. The third kappa shape index (κ3) is 75.4. The monoisotopic (exact) mass is 1280 g/mol. The maximum absolute atomic E-state index is 12.9. The maximum atomic E-state index is 12.9. The van der Waals surface area contributed by atoms with Crippen LogP contribution in [0.2, 0.25) is 0 Å². The lowest BCUT2D eigenvalue weighted by molar-refractivity contribution is -0.870. The fraction of sp³-hybridized carbons (Fsp3) is 0.924. The van der Waals surface area contributed by atoms with Crippen LogP contribution >= 0.6 is 7.82 Å². The van der Waals surface area contributed by atoms with E-state index < -0.39 is 26.5 Å². The summed E-state index contributed by atoms with van der Waals surface area (Å²) in [5.74, 6) is -0.768. The van der Waals surface area contributed by atoms with Crippen LogP contribution in [0.25, 0.3) is 0 Å². The van der Waals surface area contributed by atoms with Gasteiger partial charge in [0.2, 0.25) is 0 Å². The number of carbonyl (C=O) groups is 2. The van der Waals surface area contributed by atoms with Gasteiger partial charge in [-0.3, -0.25) is 18.6 Å². The number of quaternary nitrogens is 1. The Kier molecular flexibility index (Phi) is 69.6. The topological polar surface area (TPSA) is 108 Å². The molecular weight excluding hydrogens is 1120 g/mol. The summed E-state index contributed by atoms with van der Waals surface area (Å²) in [6, 6.07) is 0. The molecule has 0 heterocycles. The summed E-state index contributed by atoms with van der Waals surface area (Å²) in [7, 11) is 1.51. The number of carbonyl (C=O) groups excluding carboxylic acids is 2. The van der Waals surface area contributed by atoms with Gasteiger partial charge in [0.05, 0.1) is 27.7 Å². The highest BCUT2D eigenvalue weighted by Crippen LogP contribution is 2.43. The lowest BCUT2D eigenvalue weighted by atomic mass is 10.0. The molecule has 0 aliphatic heterocycles. The molecule has 2 atom stereocenters. The number of nitrogens with zero attached hydrogens (tertiary/aromatic N) is 1. The molecule has 89 heavy (non-hydrogen) atoms. The third-order valence-electron chi connectivity index (χ3n) is 18.2. The molecule has 0 spiro atoms. The molecule has 2 unspecified atom stereocenters. The Labute approximate surface area is 555 Å². The molecule has 0 rings (SSSR count). The lowest BCUT2D eigenvalue weighted by Crippen LogP contribution is -2.37. The average Bonchev–Trinajstić information content (AvgIpc) is 3.60. The Bertz CT molecular complexity index is 1550. The van der Waals surface area contributed by atoms with Crippen molar-refractivity contribution in [2.24, 2.45) is 0 Å². The number of phosphoric acid groups is 1. The number of hydrogen-bond donors (Lipinski definition) is 1. The number of likely N-dealkylation sites (N-methyl/N-ethyl adjacent to an activating group) is 1. The first-order valence-corrected chi connectivity index (χ1v) is 41.1. The van der Waals surface area contributed by atoms with Crippen LogP contribution in [0.1, 0.15) is 418 Å². The number of esters is 2. The van der Waals surface area contributed by atoms with Crippen molar-refractivity contribution in [1.29, 1.82) is 0 Å². The van der Waals surface area contributed by atoms with Crippen LogP contribution in [0, 0.1) is 0 Å². The van der Waals surface area contributed by atoms with Gasteiger partial charge in [-0.15, -0.1) is 0 Å². The average molecular weight is 1280 g/mol. The van der Waals surface area contributed by atoms with Gasteiger partial charge in [-0.1, -0.05) is 385 Å². The Hall–Kier alpha value is -1.51. The fourth-order valence-corrected chi connectivity index (χ4v) is 12.9. The van der Waals surface area contributed by atoms with Gasteiger partial charge in [0, 0.05) is 12.8 Å². The first-order valence-electron chi connectivity index (χ1n) is 39.6. The molecule has 0 bridgehead atoms. The largest absolute Gasteiger partial charge is 0.472 e. The highest BCUT2D eigenvalue weighted by Gasteiger charge is 2.27. The molecule has 0 saturated carbocycles. The van der Waals surface area contributed by atoms with Crippen molar-refractivity contribution in [3.8, 4) is 0 Å². The zero-order valence-electron chi connectivity index (χ0n) is 60.5. The van der Waals surface area contributed by atoms with E-state index in [9.17, 15) is 19.0 Å². The van der Waals surface area contributed by atoms with Crippen LogP contribution in [0.3, 0.4) is 0 Å². The summed E-state index contributed by atoms with van der Waals surface area (Å²) in [5.41, 5.74) is 0. The number of ether oxygens (including phenoxy) is 2. The number of allylic oxidation sites excluding steroid dienone is 4. The summed E-state index contributed by atoms with van der Waals surface area (Å²) < 4.78 is 34.8. The van der Waals surface area contributed by atoms with Crippen LogP contribution in [-0.4, -0.2) is 74.9 Å². The smallest absolute Gasteiger partial charge is 0.462 e. The van der Waals surface area contributed by atoms with Crippen LogP contribution in [0.4, 0.5) is 0 Å². The van der Waals surface area contributed by atoms with E-state index in [1.807, 2.05) is 21.1 Å². The van der Waals surface area contributed by atoms with Crippen molar-refractivity contribution < 1.29 is 42.1 Å². The zero-order chi connectivity index (χ0) is 64.8. The molecule has 10 heteroatoms. The van der Waals surface area contributed by atoms with Crippen molar-refractivity contribution in [2.75, 3.05) is 47.5 Å². The van der Waals surface area contributed by atoms with E-state index >= 15 is 0 Å². The molecular formula is C79H155NO8P+. The normalized spacial score (nSPS) is 13.1. The van der Waals surface area contributed by atoms with Gasteiger partial charge in [0.25, 0.3) is 0 Å². The van der Waals surface area contributed by atoms with Gasteiger partial charge in [-0.25, -0.2) is 4.57 Å². The highest BCUT2D eigenvalue weighted by atomic mass is 31.2. The quantitative estimate of drug-likeness (QED) is 0.0211. The Morgan fingerprint density at radius 2 is 0.607 bits per heavy atom. The van der Waals surface area contributed by atoms with Crippen molar-refractivity contribution in [3.63, 3.8) is 0 Å². The minimum atomic E-state index is -4.39. The van der Waals surface area contributed by atoms with Gasteiger partial charge in [-0.2, -0.15) is 0 Å². The van der Waals surface area contributed by atoms with Crippen LogP contribution in [0.15, 0.2) is 24.3 Å². The molecule has 0 amide bonds. The molecule has 9 nitrogen and oxygen atoms in total. The molecule has 0 fully saturated rings. The van der Waals surface area contributed by atoms with E-state index in [1.165, 1.54) is 347 Å². The summed E-state index contributed by atoms with van der Waals surface area (Å²) >= 11 is 0. The molecule has 1 N–H and O–H groups in total. The van der Waals surface area contributed by atoms with E-state index in [1.54, 1.807) is 0 Å². The Balaban J connectivity index is 3.91. The predicted molar refractivity (Wildman–Crippen MR) is 386 cm³/mol. The summed E-state index contributed by atoms with van der Waals surface area (Å²) in [6.07, 6.45) is 90.4. The SMILES string of the molecule is CCCCCCC/C=C\C/C=C\CCCCCCCCCCCCCCCCCCCCCCCCCC(=O)OC(COC(=O)CCCCCCCCCCCCCCCCCCCCCCCCCCCCCCCC)COP(=O)(O)OCC[N+](C)(C)C. The second-order valence-corrected chi connectivity index (χ2v) is 29.9. The van der Waals surface area contributed by atoms with Crippen molar-refractivity contribution >= 4 is 19.8 Å². The minimum absolute atomic E-state index is 0.0363. The van der Waals surface area contributed by atoms with Crippen LogP contribution in [-0.2, 0) is 32.7 Å². The predicted octanol–water partition coefficient (Wildman–Crippen LogP) is 26.0. The van der Waals surface area contributed by atoms with E-state index in [0.717, 1.165) is 44.9 Å². The van der Waals surface area contributed by atoms with E-state index in [0.29, 0.717) is 17.4 Å². The maximum Gasteiger partial charge on any atom is 0.472 e. The van der Waals surface area contributed by atoms with E-state index in [-0.39, 0.29) is 25.6 Å². The standard InChI is InChI=1S/C79H154NO8P/c1-6-8-10-12-14-16-18-20-22-24-26-28-30-32-34-36-38-39-40-41-42-44-46-48-50-52-54-56-58-60-62-64-66-68-70-72-79(82)88-77(76-87-89(83,84)86-74-73-80(3,4)5)75-85-78(81)71-69-67-65-63-61-59-57-55-53-51-49-47-45-43-37-35-33-31-29-27-25-23-21-19-17-15-13-11-9-7-2/h18,20,24,26,77H,6-17,19,21-23,25,27-76H2,1-5H3/p+1/b20-18-,26-24-. The zero-order valence-corrected chi connectivity index (χ0v) is 61.4. The van der Waals surface area contributed by atoms with Crippen LogP contribution < -0.4 is 0 Å². The molecule has 0 aliphatic carbocycles. The summed E-state index contributed by atoms with van der Waals surface area (Å²) in [6.45, 7) is 4.52. The second-order valence-electron chi connectivity index (χ2n) is 28.5. The number of unbranched alkanes of at least 4 members (excludes halogenated alkanes) is 57. The molecule has 0 aliphatic rings. The van der Waals surface area contributed by atoms with Crippen molar-refractivity contribution in [3.05, 3.63) is 24.3 Å². The van der Waals surface area contributed by atoms with Gasteiger partial charge in [0.15, 0.2) is 6.10 Å². The molecule has 0 radical (unpaired) electrons. The lowest BCUT2D eigenvalue weighted by Gasteiger charge is -2.24. The summed E-state index contributed by atoms with van der Waals surface area (Å²) in [4.78, 5) is 36.0. The van der Waals surface area contributed by atoms with Crippen LogP contribution in [0.5, 0.6) is 0 Å². The molecule has 0 aromatic carbocycles. The minimum Gasteiger partial charge on any atom is -0.462 e. The fourth-order valence-electron chi connectivity index (χ4n) is 12.2. The first-order chi connectivity index (χ1) is 43.5. The molecule has 0 aromatic rings. The number of hydrogen-bond acceptors (Lipinski definition) is 7. The molecule has 528 valence electrons. The first kappa shape index (κ1) is 87.5. The number of rotatable bonds is 75. The van der Waals surface area contributed by atoms with E-state index in [4.69, 9.17) is 18.5 Å². The van der Waals surface area contributed by atoms with Gasteiger partial charge in [-0.05, 0) is 44.9 Å². The van der Waals surface area contributed by atoms with Crippen molar-refractivity contribution in [1.82, 2.24) is 0 Å². The second kappa shape index (κ2) is 70.8.